The van der Waals surface area contributed by atoms with E-state index in [1.165, 1.54) is 0 Å². The van der Waals surface area contributed by atoms with E-state index >= 15 is 0 Å². The molecule has 0 spiro atoms. The molecule has 25 heavy (non-hydrogen) atoms. The van der Waals surface area contributed by atoms with Gasteiger partial charge in [-0.05, 0) is 12.1 Å². The number of nitrogen functional groups attached to an aromatic ring is 1. The molecule has 1 aliphatic rings. The Morgan fingerprint density at radius 2 is 1.88 bits per heavy atom. The lowest BCUT2D eigenvalue weighted by Gasteiger charge is -2.31. The molecule has 0 atom stereocenters. The Morgan fingerprint density at radius 1 is 1.20 bits per heavy atom. The van der Waals surface area contributed by atoms with E-state index in [9.17, 15) is 15.3 Å². The molecule has 0 bridgehead atoms. The molecule has 1 aromatic heterocycles. The predicted molar refractivity (Wildman–Crippen MR) is 97.1 cm³/mol. The molecule has 2 heterocycles. The monoisotopic (exact) mass is 399 g/mol. The number of ether oxygens (including phenoxy) is 1. The Labute approximate surface area is 152 Å². The SMILES string of the molecule is N#Cc1c(N)[nH]c(=O)c(C#N)c1-c1ccc(Br)cc1N1CCOCC1. The fourth-order valence-electron chi connectivity index (χ4n) is 2.89. The summed E-state index contributed by atoms with van der Waals surface area (Å²) in [4.78, 5) is 16.6. The van der Waals surface area contributed by atoms with Crippen molar-refractivity contribution in [2.45, 2.75) is 0 Å². The number of benzene rings is 1. The van der Waals surface area contributed by atoms with Crippen molar-refractivity contribution in [3.63, 3.8) is 0 Å². The van der Waals surface area contributed by atoms with Crippen LogP contribution < -0.4 is 16.2 Å². The average molecular weight is 400 g/mol. The van der Waals surface area contributed by atoms with Gasteiger partial charge in [0.15, 0.2) is 0 Å². The van der Waals surface area contributed by atoms with E-state index in [1.54, 1.807) is 12.1 Å². The molecule has 3 rings (SSSR count). The summed E-state index contributed by atoms with van der Waals surface area (Å²) in [5.74, 6) is -0.0441. The van der Waals surface area contributed by atoms with Crippen molar-refractivity contribution >= 4 is 27.4 Å². The number of H-pyrrole nitrogens is 1. The summed E-state index contributed by atoms with van der Waals surface area (Å²) in [6, 6.07) is 9.40. The summed E-state index contributed by atoms with van der Waals surface area (Å²) in [5.41, 5.74) is 6.88. The van der Waals surface area contributed by atoms with Crippen molar-refractivity contribution < 1.29 is 4.74 Å². The van der Waals surface area contributed by atoms with Gasteiger partial charge in [-0.1, -0.05) is 22.0 Å². The molecule has 2 aromatic rings. The second-order valence-electron chi connectivity index (χ2n) is 5.48. The van der Waals surface area contributed by atoms with Gasteiger partial charge in [0.1, 0.15) is 29.1 Å². The van der Waals surface area contributed by atoms with Crippen LogP contribution in [-0.2, 0) is 4.74 Å². The number of nitrogens with one attached hydrogen (secondary N) is 1. The van der Waals surface area contributed by atoms with Crippen molar-refractivity contribution in [3.8, 4) is 23.3 Å². The number of nitriles is 2. The molecule has 1 aliphatic heterocycles. The van der Waals surface area contributed by atoms with E-state index in [4.69, 9.17) is 10.5 Å². The fourth-order valence-corrected chi connectivity index (χ4v) is 3.24. The summed E-state index contributed by atoms with van der Waals surface area (Å²) in [6.45, 7) is 2.51. The maximum atomic E-state index is 12.2. The minimum atomic E-state index is -0.607. The molecule has 0 aliphatic carbocycles. The Balaban J connectivity index is 2.33. The lowest BCUT2D eigenvalue weighted by molar-refractivity contribution is 0.123. The molecule has 8 heteroatoms. The van der Waals surface area contributed by atoms with Crippen LogP contribution in [0.5, 0.6) is 0 Å². The third-order valence-corrected chi connectivity index (χ3v) is 4.54. The lowest BCUT2D eigenvalue weighted by atomic mass is 9.94. The van der Waals surface area contributed by atoms with E-state index in [1.807, 2.05) is 18.2 Å². The molecule has 126 valence electrons. The highest BCUT2D eigenvalue weighted by atomic mass is 79.9. The van der Waals surface area contributed by atoms with Gasteiger partial charge in [0.25, 0.3) is 5.56 Å². The summed E-state index contributed by atoms with van der Waals surface area (Å²) in [7, 11) is 0. The van der Waals surface area contributed by atoms with Crippen molar-refractivity contribution in [1.29, 1.82) is 10.5 Å². The maximum Gasteiger partial charge on any atom is 0.268 e. The zero-order chi connectivity index (χ0) is 18.0. The maximum absolute atomic E-state index is 12.2. The van der Waals surface area contributed by atoms with Crippen molar-refractivity contribution in [3.05, 3.63) is 44.2 Å². The van der Waals surface area contributed by atoms with Crippen LogP contribution in [0.1, 0.15) is 11.1 Å². The second kappa shape index (κ2) is 6.98. The molecule has 1 saturated heterocycles. The third-order valence-electron chi connectivity index (χ3n) is 4.05. The van der Waals surface area contributed by atoms with Gasteiger partial charge in [-0.25, -0.2) is 0 Å². The van der Waals surface area contributed by atoms with Crippen molar-refractivity contribution in [1.82, 2.24) is 4.98 Å². The second-order valence-corrected chi connectivity index (χ2v) is 6.39. The van der Waals surface area contributed by atoms with Gasteiger partial charge >= 0.3 is 0 Å². The molecule has 0 radical (unpaired) electrons. The average Bonchev–Trinajstić information content (AvgIpc) is 2.62. The Bertz CT molecular complexity index is 965. The van der Waals surface area contributed by atoms with E-state index < -0.39 is 5.56 Å². The third kappa shape index (κ3) is 3.10. The Hall–Kier alpha value is -2.81. The molecule has 0 unspecified atom stereocenters. The smallest absolute Gasteiger partial charge is 0.268 e. The molecular formula is C17H14BrN5O2. The number of aromatic nitrogens is 1. The van der Waals surface area contributed by atoms with Gasteiger partial charge in [-0.2, -0.15) is 10.5 Å². The summed E-state index contributed by atoms with van der Waals surface area (Å²) in [5, 5.41) is 19.0. The number of nitrogens with zero attached hydrogens (tertiary/aromatic N) is 3. The molecule has 7 nitrogen and oxygen atoms in total. The number of rotatable bonds is 2. The summed E-state index contributed by atoms with van der Waals surface area (Å²) in [6.07, 6.45) is 0. The highest BCUT2D eigenvalue weighted by Crippen LogP contribution is 2.37. The number of aromatic amines is 1. The van der Waals surface area contributed by atoms with Gasteiger partial charge in [-0.15, -0.1) is 0 Å². The minimum absolute atomic E-state index is 0.0441. The van der Waals surface area contributed by atoms with Crippen LogP contribution in [0.3, 0.4) is 0 Å². The first-order chi connectivity index (χ1) is 12.1. The zero-order valence-electron chi connectivity index (χ0n) is 13.2. The van der Waals surface area contributed by atoms with Crippen LogP contribution >= 0.6 is 15.9 Å². The highest BCUT2D eigenvalue weighted by Gasteiger charge is 2.23. The largest absolute Gasteiger partial charge is 0.384 e. The first-order valence-electron chi connectivity index (χ1n) is 7.55. The summed E-state index contributed by atoms with van der Waals surface area (Å²) >= 11 is 3.46. The van der Waals surface area contributed by atoms with E-state index in [0.29, 0.717) is 31.9 Å². The van der Waals surface area contributed by atoms with Crippen LogP contribution in [0.25, 0.3) is 11.1 Å². The van der Waals surface area contributed by atoms with Crippen LogP contribution in [0.4, 0.5) is 11.5 Å². The first-order valence-corrected chi connectivity index (χ1v) is 8.34. The predicted octanol–water partition coefficient (Wildman–Crippen LogP) is 1.97. The molecule has 3 N–H and O–H groups in total. The van der Waals surface area contributed by atoms with Crippen LogP contribution in [0.2, 0.25) is 0 Å². The number of morpholine rings is 1. The number of halogens is 1. The zero-order valence-corrected chi connectivity index (χ0v) is 14.8. The number of hydrogen-bond acceptors (Lipinski definition) is 6. The lowest BCUT2D eigenvalue weighted by Crippen LogP contribution is -2.36. The normalized spacial score (nSPS) is 14.0. The number of pyridine rings is 1. The number of hydrogen-bond donors (Lipinski definition) is 2. The van der Waals surface area contributed by atoms with Gasteiger partial charge in [0, 0.05) is 34.4 Å². The van der Waals surface area contributed by atoms with Gasteiger partial charge < -0.3 is 20.4 Å². The van der Waals surface area contributed by atoms with E-state index in [0.717, 1.165) is 10.2 Å². The first kappa shape index (κ1) is 17.0. The topological polar surface area (TPSA) is 119 Å². The minimum Gasteiger partial charge on any atom is -0.384 e. The van der Waals surface area contributed by atoms with Crippen LogP contribution in [0, 0.1) is 22.7 Å². The van der Waals surface area contributed by atoms with Crippen molar-refractivity contribution in [2.24, 2.45) is 0 Å². The van der Waals surface area contributed by atoms with Crippen molar-refractivity contribution in [2.75, 3.05) is 36.9 Å². The number of anilines is 2. The quantitative estimate of drug-likeness (QED) is 0.796. The molecule has 0 saturated carbocycles. The molecule has 1 fully saturated rings. The van der Waals surface area contributed by atoms with Crippen LogP contribution in [0.15, 0.2) is 27.5 Å². The number of nitrogens with two attached hydrogens (primary N) is 1. The Kier molecular flexibility index (Phi) is 4.75. The molecule has 1 aromatic carbocycles. The fraction of sp³-hybridized carbons (Fsp3) is 0.235. The standard InChI is InChI=1S/C17H14BrN5O2/c18-10-1-2-11(14(7-10)23-3-5-25-6-4-23)15-12(8-19)16(21)22-17(24)13(15)9-20/h1-2,7H,3-6H2,(H3,21,22,24). The van der Waals surface area contributed by atoms with E-state index in [2.05, 4.69) is 25.8 Å². The van der Waals surface area contributed by atoms with Gasteiger partial charge in [0.2, 0.25) is 0 Å². The van der Waals surface area contributed by atoms with Gasteiger partial charge in [0.05, 0.1) is 13.2 Å². The summed E-state index contributed by atoms with van der Waals surface area (Å²) < 4.78 is 6.25. The van der Waals surface area contributed by atoms with Crippen LogP contribution in [-0.4, -0.2) is 31.3 Å². The Morgan fingerprint density at radius 3 is 2.52 bits per heavy atom. The highest BCUT2D eigenvalue weighted by molar-refractivity contribution is 9.10. The molecule has 0 amide bonds. The van der Waals surface area contributed by atoms with E-state index in [-0.39, 0.29) is 22.5 Å². The molecular weight excluding hydrogens is 386 g/mol. The van der Waals surface area contributed by atoms with Gasteiger partial charge in [-0.3, -0.25) is 4.79 Å².